The van der Waals surface area contributed by atoms with Crippen molar-refractivity contribution in [2.45, 2.75) is 155 Å². The van der Waals surface area contributed by atoms with Gasteiger partial charge in [0.2, 0.25) is 0 Å². The second kappa shape index (κ2) is 57.8. The van der Waals surface area contributed by atoms with Crippen molar-refractivity contribution < 1.29 is 95.4 Å². The van der Waals surface area contributed by atoms with Crippen molar-refractivity contribution in [2.75, 3.05) is 145 Å². The van der Waals surface area contributed by atoms with E-state index in [0.29, 0.717) is 106 Å². The van der Waals surface area contributed by atoms with Crippen molar-refractivity contribution in [1.82, 2.24) is 0 Å². The first-order chi connectivity index (χ1) is 30.1. The van der Waals surface area contributed by atoms with Crippen molar-refractivity contribution in [1.29, 1.82) is 0 Å². The fourth-order valence-corrected chi connectivity index (χ4v) is 6.82. The quantitative estimate of drug-likeness (QED) is 0.0383. The molecule has 0 spiro atoms. The fourth-order valence-electron chi connectivity index (χ4n) is 6.15. The predicted molar refractivity (Wildman–Crippen MR) is 241 cm³/mol. The molecule has 0 radical (unpaired) electrons. The van der Waals surface area contributed by atoms with Crippen LogP contribution in [0.3, 0.4) is 0 Å². The summed E-state index contributed by atoms with van der Waals surface area (Å²) >= 11 is 0. The summed E-state index contributed by atoms with van der Waals surface area (Å²) in [6.45, 7) is 13.5. The molecule has 0 atom stereocenters. The minimum atomic E-state index is -4.43. The molecule has 0 aromatic carbocycles. The molecule has 62 heavy (non-hydrogen) atoms. The van der Waals surface area contributed by atoms with Gasteiger partial charge >= 0.3 is 29.6 Å². The molecule has 0 bridgehead atoms. The Bertz CT molecular complexity index is 792. The maximum absolute atomic E-state index is 11.9. The topological polar surface area (TPSA) is 151 Å². The SMILES string of the molecule is CCCCCCCCCCCCCOCCOCCOCCOCCOCCOP(=O)([O-])OCCOCCOCCOCCOCCOCCCCCCCCCCCCC.[Na+]. The Hall–Kier alpha value is 0.710. The summed E-state index contributed by atoms with van der Waals surface area (Å²) in [5, 5.41) is 0. The standard InChI is InChI=1S/C46H95O14P.Na/c1-3-5-7-9-11-13-15-17-19-21-23-25-49-27-29-51-31-33-53-35-37-55-39-41-57-43-45-59-61(47,48)60-46-44-58-42-40-56-38-36-54-34-32-52-30-28-50-26-24-22-20-18-16-14-12-10-8-6-4-2;/h3-46H2,1-2H3,(H,47,48);/q;+1/p-1. The van der Waals surface area contributed by atoms with Gasteiger partial charge in [0.15, 0.2) is 0 Å². The van der Waals surface area contributed by atoms with Gasteiger partial charge in [0, 0.05) is 13.2 Å². The van der Waals surface area contributed by atoms with E-state index in [9.17, 15) is 9.46 Å². The number of ether oxygens (including phenoxy) is 10. The first-order valence-corrected chi connectivity index (χ1v) is 26.0. The smallest absolute Gasteiger partial charge is 0.756 e. The van der Waals surface area contributed by atoms with Crippen LogP contribution in [0.5, 0.6) is 0 Å². The van der Waals surface area contributed by atoms with Crippen LogP contribution in [0.1, 0.15) is 155 Å². The summed E-state index contributed by atoms with van der Waals surface area (Å²) in [6.07, 6.45) is 29.4. The zero-order valence-corrected chi connectivity index (χ0v) is 43.2. The van der Waals surface area contributed by atoms with Crippen molar-refractivity contribution >= 4 is 7.82 Å². The van der Waals surface area contributed by atoms with Crippen LogP contribution in [0.25, 0.3) is 0 Å². The van der Waals surface area contributed by atoms with Crippen LogP contribution in [-0.2, 0) is 61.0 Å². The third kappa shape index (κ3) is 58.7. The molecule has 0 saturated heterocycles. The summed E-state index contributed by atoms with van der Waals surface area (Å²) < 4.78 is 76.5. The van der Waals surface area contributed by atoms with Crippen LogP contribution in [-0.4, -0.2) is 145 Å². The fraction of sp³-hybridized carbons (Fsp3) is 1.00. The first kappa shape index (κ1) is 64.8. The van der Waals surface area contributed by atoms with Gasteiger partial charge in [-0.2, -0.15) is 0 Å². The molecule has 16 heteroatoms. The van der Waals surface area contributed by atoms with E-state index in [0.717, 1.165) is 26.1 Å². The molecule has 0 aromatic rings. The largest absolute Gasteiger partial charge is 1.00 e. The van der Waals surface area contributed by atoms with Gasteiger partial charge in [0.25, 0.3) is 7.82 Å². The Labute approximate surface area is 401 Å². The van der Waals surface area contributed by atoms with E-state index in [4.69, 9.17) is 56.4 Å². The third-order valence-electron chi connectivity index (χ3n) is 9.71. The van der Waals surface area contributed by atoms with E-state index in [1.165, 1.54) is 128 Å². The van der Waals surface area contributed by atoms with E-state index in [2.05, 4.69) is 13.8 Å². The second-order valence-corrected chi connectivity index (χ2v) is 16.7. The van der Waals surface area contributed by atoms with Gasteiger partial charge in [-0.1, -0.05) is 142 Å². The van der Waals surface area contributed by atoms with Crippen LogP contribution in [0.15, 0.2) is 0 Å². The van der Waals surface area contributed by atoms with Gasteiger partial charge in [-0.05, 0) is 12.8 Å². The van der Waals surface area contributed by atoms with Crippen molar-refractivity contribution in [3.8, 4) is 0 Å². The minimum absolute atomic E-state index is 0. The number of hydrogen-bond donors (Lipinski definition) is 0. The van der Waals surface area contributed by atoms with Crippen LogP contribution in [0.4, 0.5) is 0 Å². The molecule has 0 aliphatic heterocycles. The molecule has 368 valence electrons. The Balaban J connectivity index is 0. The molecule has 0 aliphatic rings. The zero-order valence-electron chi connectivity index (χ0n) is 40.3. The van der Waals surface area contributed by atoms with Gasteiger partial charge in [0.1, 0.15) is 0 Å². The van der Waals surface area contributed by atoms with Gasteiger partial charge in [0.05, 0.1) is 132 Å². The van der Waals surface area contributed by atoms with E-state index in [1.807, 2.05) is 0 Å². The molecule has 0 unspecified atom stereocenters. The van der Waals surface area contributed by atoms with Gasteiger partial charge < -0.3 is 61.3 Å². The Kier molecular flexibility index (Phi) is 60.4. The maximum Gasteiger partial charge on any atom is 1.00 e. The van der Waals surface area contributed by atoms with Gasteiger partial charge in [-0.15, -0.1) is 0 Å². The number of unbranched alkanes of at least 4 members (excludes halogenated alkanes) is 20. The van der Waals surface area contributed by atoms with Crippen LogP contribution >= 0.6 is 7.82 Å². The maximum atomic E-state index is 11.9. The van der Waals surface area contributed by atoms with E-state index >= 15 is 0 Å². The summed E-state index contributed by atoms with van der Waals surface area (Å²) in [6, 6.07) is 0. The molecule has 0 aromatic heterocycles. The van der Waals surface area contributed by atoms with E-state index in [-0.39, 0.29) is 56.0 Å². The van der Waals surface area contributed by atoms with E-state index in [1.54, 1.807) is 0 Å². The van der Waals surface area contributed by atoms with Crippen LogP contribution < -0.4 is 34.5 Å². The average Bonchev–Trinajstić information content (AvgIpc) is 3.25. The zero-order chi connectivity index (χ0) is 44.1. The summed E-state index contributed by atoms with van der Waals surface area (Å²) in [4.78, 5) is 11.9. The molecule has 0 N–H and O–H groups in total. The van der Waals surface area contributed by atoms with Crippen molar-refractivity contribution in [3.63, 3.8) is 0 Å². The average molecular weight is 925 g/mol. The molecular formula is C46H94NaO14P. The number of rotatable bonds is 56. The first-order valence-electron chi connectivity index (χ1n) is 24.5. The Morgan fingerprint density at radius 2 is 0.419 bits per heavy atom. The molecule has 0 aliphatic carbocycles. The molecule has 0 fully saturated rings. The molecule has 0 rings (SSSR count). The van der Waals surface area contributed by atoms with Crippen molar-refractivity contribution in [2.24, 2.45) is 0 Å². The molecule has 0 amide bonds. The van der Waals surface area contributed by atoms with Crippen LogP contribution in [0.2, 0.25) is 0 Å². The molecule has 14 nitrogen and oxygen atoms in total. The van der Waals surface area contributed by atoms with Gasteiger partial charge in [-0.3, -0.25) is 4.57 Å². The monoisotopic (exact) mass is 925 g/mol. The molecular weight excluding hydrogens is 830 g/mol. The molecule has 0 heterocycles. The summed E-state index contributed by atoms with van der Waals surface area (Å²) in [5.74, 6) is 0. The second-order valence-electron chi connectivity index (χ2n) is 15.3. The Morgan fingerprint density at radius 1 is 0.258 bits per heavy atom. The normalized spacial score (nSPS) is 11.8. The Morgan fingerprint density at radius 3 is 0.629 bits per heavy atom. The summed E-state index contributed by atoms with van der Waals surface area (Å²) in [5.41, 5.74) is 0. The third-order valence-corrected chi connectivity index (χ3v) is 10.7. The van der Waals surface area contributed by atoms with Gasteiger partial charge in [-0.25, -0.2) is 0 Å². The van der Waals surface area contributed by atoms with Crippen molar-refractivity contribution in [3.05, 3.63) is 0 Å². The van der Waals surface area contributed by atoms with E-state index < -0.39 is 7.82 Å². The number of phosphoric acid groups is 1. The number of phosphoric ester groups is 1. The van der Waals surface area contributed by atoms with Crippen LogP contribution in [0, 0.1) is 0 Å². The minimum Gasteiger partial charge on any atom is -0.756 e. The molecule has 0 saturated carbocycles. The number of hydrogen-bond acceptors (Lipinski definition) is 14. The summed E-state index contributed by atoms with van der Waals surface area (Å²) in [7, 11) is -4.43. The predicted octanol–water partition coefficient (Wildman–Crippen LogP) is 6.28.